The molecule has 3 heterocycles. The van der Waals surface area contributed by atoms with Gasteiger partial charge in [-0.15, -0.1) is 6.42 Å². The number of terminal acetylenes is 1. The highest BCUT2D eigenvalue weighted by atomic mass is 15.1. The van der Waals surface area contributed by atoms with Gasteiger partial charge in [0.05, 0.1) is 11.0 Å². The van der Waals surface area contributed by atoms with Gasteiger partial charge in [0.25, 0.3) is 0 Å². The van der Waals surface area contributed by atoms with E-state index in [1.165, 1.54) is 27.5 Å². The highest BCUT2D eigenvalue weighted by Crippen LogP contribution is 2.39. The van der Waals surface area contributed by atoms with Gasteiger partial charge in [0.2, 0.25) is 0 Å². The van der Waals surface area contributed by atoms with E-state index in [1.807, 2.05) is 6.08 Å². The zero-order valence-electron chi connectivity index (χ0n) is 19.4. The van der Waals surface area contributed by atoms with Crippen molar-refractivity contribution < 1.29 is 0 Å². The van der Waals surface area contributed by atoms with Crippen LogP contribution in [0.3, 0.4) is 0 Å². The maximum Gasteiger partial charge on any atom is 0.139 e. The molecular weight excluding hydrogens is 414 g/mol. The van der Waals surface area contributed by atoms with E-state index in [0.29, 0.717) is 5.92 Å². The number of allylic oxidation sites excluding steroid dienone is 2. The van der Waals surface area contributed by atoms with E-state index in [1.54, 1.807) is 6.08 Å². The van der Waals surface area contributed by atoms with Gasteiger partial charge in [0.15, 0.2) is 0 Å². The normalized spacial score (nSPS) is 15.3. The molecule has 3 heteroatoms. The Kier molecular flexibility index (Phi) is 4.74. The molecule has 3 nitrogen and oxygen atoms in total. The van der Waals surface area contributed by atoms with Crippen molar-refractivity contribution in [1.29, 1.82) is 0 Å². The number of hydrogen-bond acceptors (Lipinski definition) is 1. The number of nitrogens with zero attached hydrogens (tertiary/aromatic N) is 3. The van der Waals surface area contributed by atoms with Crippen molar-refractivity contribution in [2.24, 2.45) is 0 Å². The van der Waals surface area contributed by atoms with Crippen LogP contribution in [-0.4, -0.2) is 14.1 Å². The zero-order valence-corrected chi connectivity index (χ0v) is 19.4. The lowest BCUT2D eigenvalue weighted by atomic mass is 9.93. The van der Waals surface area contributed by atoms with Crippen LogP contribution in [0.5, 0.6) is 0 Å². The molecular formula is C31H25N3. The Bertz CT molecular complexity index is 1670. The van der Waals surface area contributed by atoms with Crippen LogP contribution in [0.4, 0.5) is 0 Å². The molecule has 0 radical (unpaired) electrons. The molecule has 1 unspecified atom stereocenters. The van der Waals surface area contributed by atoms with Crippen LogP contribution in [0.2, 0.25) is 0 Å². The first kappa shape index (κ1) is 20.3. The Balaban J connectivity index is 1.62. The molecule has 1 aliphatic carbocycles. The van der Waals surface area contributed by atoms with Crippen molar-refractivity contribution in [2.45, 2.75) is 26.2 Å². The van der Waals surface area contributed by atoms with Crippen LogP contribution in [-0.2, 0) is 0 Å². The van der Waals surface area contributed by atoms with E-state index in [9.17, 15) is 0 Å². The molecule has 0 N–H and O–H groups in total. The van der Waals surface area contributed by atoms with Crippen molar-refractivity contribution >= 4 is 34.0 Å². The Morgan fingerprint density at radius 2 is 1.59 bits per heavy atom. The van der Waals surface area contributed by atoms with Gasteiger partial charge in [-0.25, -0.2) is 4.98 Å². The summed E-state index contributed by atoms with van der Waals surface area (Å²) in [5.41, 5.74) is 7.21. The summed E-state index contributed by atoms with van der Waals surface area (Å²) in [6, 6.07) is 23.4. The third-order valence-corrected chi connectivity index (χ3v) is 6.88. The minimum atomic E-state index is 0.424. The Morgan fingerprint density at radius 1 is 0.912 bits per heavy atom. The lowest BCUT2D eigenvalue weighted by molar-refractivity contribution is 0.718. The summed E-state index contributed by atoms with van der Waals surface area (Å²) in [5, 5.41) is 2.44. The summed E-state index contributed by atoms with van der Waals surface area (Å²) in [4.78, 5) is 5.22. The van der Waals surface area contributed by atoms with Gasteiger partial charge in [-0.2, -0.15) is 0 Å². The molecule has 0 spiro atoms. The Morgan fingerprint density at radius 3 is 2.35 bits per heavy atom. The van der Waals surface area contributed by atoms with E-state index in [2.05, 4.69) is 108 Å². The van der Waals surface area contributed by atoms with Crippen molar-refractivity contribution in [3.8, 4) is 24.0 Å². The first-order valence-electron chi connectivity index (χ1n) is 11.7. The topological polar surface area (TPSA) is 22.8 Å². The number of aromatic nitrogens is 3. The maximum atomic E-state index is 5.51. The van der Waals surface area contributed by atoms with Crippen molar-refractivity contribution in [3.63, 3.8) is 0 Å². The molecule has 1 atom stereocenters. The van der Waals surface area contributed by atoms with Crippen molar-refractivity contribution in [3.05, 3.63) is 101 Å². The summed E-state index contributed by atoms with van der Waals surface area (Å²) in [5.74, 6) is 4.88. The van der Waals surface area contributed by atoms with Crippen LogP contribution >= 0.6 is 0 Å². The number of fused-ring (bicyclic) bond motifs is 4. The van der Waals surface area contributed by atoms with Gasteiger partial charge in [0, 0.05) is 39.2 Å². The standard InChI is InChI=1S/C31H25N3/c1-4-5-13-23-22(3)33(27-17-8-6-14-24(23)27)29-19-11-20-30(32-29)34-28-18-9-7-15-25(28)26-16-10-12-21(2)31(26)34/h1,5-11,13-21H,12H2,2-3H3/b13-5-. The van der Waals surface area contributed by atoms with E-state index < -0.39 is 0 Å². The highest BCUT2D eigenvalue weighted by molar-refractivity contribution is 5.94. The molecule has 0 bridgehead atoms. The molecule has 0 fully saturated rings. The SMILES string of the molecule is C#C/C=C\c1c(C)n(-c2cccc(-n3c4c(c5ccccc53)C=CCC4C)n2)c2ccccc12. The van der Waals surface area contributed by atoms with Gasteiger partial charge < -0.3 is 0 Å². The Labute approximate surface area is 199 Å². The highest BCUT2D eigenvalue weighted by Gasteiger charge is 2.24. The lowest BCUT2D eigenvalue weighted by Gasteiger charge is -2.19. The molecule has 5 aromatic rings. The quantitative estimate of drug-likeness (QED) is 0.268. The van der Waals surface area contributed by atoms with Gasteiger partial charge in [-0.1, -0.05) is 67.5 Å². The largest absolute Gasteiger partial charge is 0.298 e. The monoisotopic (exact) mass is 439 g/mol. The lowest BCUT2D eigenvalue weighted by Crippen LogP contribution is -2.10. The molecule has 1 aliphatic rings. The van der Waals surface area contributed by atoms with Gasteiger partial charge in [0.1, 0.15) is 11.6 Å². The predicted molar refractivity (Wildman–Crippen MR) is 143 cm³/mol. The second-order valence-electron chi connectivity index (χ2n) is 8.90. The average molecular weight is 440 g/mol. The number of pyridine rings is 1. The van der Waals surface area contributed by atoms with Crippen LogP contribution in [0, 0.1) is 19.3 Å². The zero-order chi connectivity index (χ0) is 23.2. The number of para-hydroxylation sites is 2. The fraction of sp³-hybridized carbons (Fsp3) is 0.129. The van der Waals surface area contributed by atoms with Crippen molar-refractivity contribution in [1.82, 2.24) is 14.1 Å². The third kappa shape index (κ3) is 2.96. The number of benzene rings is 2. The number of rotatable bonds is 3. The molecule has 6 rings (SSSR count). The summed E-state index contributed by atoms with van der Waals surface area (Å²) in [7, 11) is 0. The van der Waals surface area contributed by atoms with Crippen LogP contribution in [0.15, 0.2) is 78.9 Å². The Hall–Kier alpha value is -4.29. The molecule has 0 aliphatic heterocycles. The number of hydrogen-bond donors (Lipinski definition) is 0. The van der Waals surface area contributed by atoms with E-state index >= 15 is 0 Å². The fourth-order valence-electron chi connectivity index (χ4n) is 5.38. The molecule has 34 heavy (non-hydrogen) atoms. The van der Waals surface area contributed by atoms with Crippen LogP contribution < -0.4 is 0 Å². The summed E-state index contributed by atoms with van der Waals surface area (Å²) < 4.78 is 4.58. The molecule has 0 amide bonds. The first-order valence-corrected chi connectivity index (χ1v) is 11.7. The predicted octanol–water partition coefficient (Wildman–Crippen LogP) is 7.44. The van der Waals surface area contributed by atoms with Crippen LogP contribution in [0.25, 0.3) is 45.6 Å². The fourth-order valence-corrected chi connectivity index (χ4v) is 5.38. The van der Waals surface area contributed by atoms with E-state index in [4.69, 9.17) is 11.4 Å². The van der Waals surface area contributed by atoms with E-state index in [0.717, 1.165) is 34.8 Å². The average Bonchev–Trinajstić information content (AvgIpc) is 3.35. The second-order valence-corrected chi connectivity index (χ2v) is 8.90. The third-order valence-electron chi connectivity index (χ3n) is 6.88. The summed E-state index contributed by atoms with van der Waals surface area (Å²) in [6.45, 7) is 4.43. The van der Waals surface area contributed by atoms with Crippen molar-refractivity contribution in [2.75, 3.05) is 0 Å². The van der Waals surface area contributed by atoms with Gasteiger partial charge in [-0.05, 0) is 49.8 Å². The van der Waals surface area contributed by atoms with Gasteiger partial charge in [-0.3, -0.25) is 9.13 Å². The van der Waals surface area contributed by atoms with Crippen LogP contribution in [0.1, 0.15) is 41.8 Å². The summed E-state index contributed by atoms with van der Waals surface area (Å²) >= 11 is 0. The molecule has 0 saturated heterocycles. The minimum Gasteiger partial charge on any atom is -0.298 e. The molecule has 0 saturated carbocycles. The second kappa shape index (κ2) is 7.93. The summed E-state index contributed by atoms with van der Waals surface area (Å²) in [6.07, 6.45) is 14.9. The smallest absolute Gasteiger partial charge is 0.139 e. The van der Waals surface area contributed by atoms with Gasteiger partial charge >= 0.3 is 0 Å². The van der Waals surface area contributed by atoms with E-state index in [-0.39, 0.29) is 0 Å². The first-order chi connectivity index (χ1) is 16.7. The minimum absolute atomic E-state index is 0.424. The molecule has 164 valence electrons. The molecule has 2 aromatic carbocycles. The maximum absolute atomic E-state index is 5.51. The molecule has 3 aromatic heterocycles.